The Balaban J connectivity index is 1.84. The quantitative estimate of drug-likeness (QED) is 0.765. The van der Waals surface area contributed by atoms with Crippen molar-refractivity contribution in [2.75, 3.05) is 13.1 Å². The highest BCUT2D eigenvalue weighted by Gasteiger charge is 2.37. The van der Waals surface area contributed by atoms with E-state index in [1.165, 1.54) is 0 Å². The SMILES string of the molecule is Cc1cc(C(=O)N2CCCC(O)(c3ccc(Br)cc3)C2)cc(Cl)n1. The second-order valence-electron chi connectivity index (χ2n) is 6.19. The first-order chi connectivity index (χ1) is 11.4. The van der Waals surface area contributed by atoms with Crippen LogP contribution in [0.2, 0.25) is 5.15 Å². The molecule has 1 atom stereocenters. The number of likely N-dealkylation sites (tertiary alicyclic amines) is 1. The number of hydrogen-bond donors (Lipinski definition) is 1. The molecular weight excluding hydrogens is 392 g/mol. The molecule has 0 radical (unpaired) electrons. The van der Waals surface area contributed by atoms with Gasteiger partial charge in [0.15, 0.2) is 0 Å². The van der Waals surface area contributed by atoms with Crippen LogP contribution in [-0.2, 0) is 5.60 Å². The number of benzene rings is 1. The van der Waals surface area contributed by atoms with E-state index in [9.17, 15) is 9.90 Å². The van der Waals surface area contributed by atoms with Crippen molar-refractivity contribution in [1.82, 2.24) is 9.88 Å². The number of rotatable bonds is 2. The van der Waals surface area contributed by atoms with Gasteiger partial charge in [-0.15, -0.1) is 0 Å². The molecule has 6 heteroatoms. The molecule has 3 rings (SSSR count). The van der Waals surface area contributed by atoms with E-state index in [-0.39, 0.29) is 12.5 Å². The molecule has 1 N–H and O–H groups in total. The maximum absolute atomic E-state index is 12.8. The standard InChI is InChI=1S/C18H18BrClN2O2/c1-12-9-13(10-16(20)21-12)17(23)22-8-2-7-18(24,11-22)14-3-5-15(19)6-4-14/h3-6,9-10,24H,2,7-8,11H2,1H3. The first-order valence-electron chi connectivity index (χ1n) is 7.79. The Bertz CT molecular complexity index is 746. The molecule has 0 bridgehead atoms. The van der Waals surface area contributed by atoms with Gasteiger partial charge in [-0.25, -0.2) is 4.98 Å². The molecule has 24 heavy (non-hydrogen) atoms. The number of hydrogen-bond acceptors (Lipinski definition) is 3. The molecule has 4 nitrogen and oxygen atoms in total. The fraction of sp³-hybridized carbons (Fsp3) is 0.333. The van der Waals surface area contributed by atoms with Crippen LogP contribution in [0.4, 0.5) is 0 Å². The minimum absolute atomic E-state index is 0.127. The van der Waals surface area contributed by atoms with E-state index in [4.69, 9.17) is 11.6 Å². The van der Waals surface area contributed by atoms with E-state index in [2.05, 4.69) is 20.9 Å². The van der Waals surface area contributed by atoms with Gasteiger partial charge in [0, 0.05) is 22.3 Å². The van der Waals surface area contributed by atoms with Gasteiger partial charge in [0.2, 0.25) is 0 Å². The molecule has 126 valence electrons. The summed E-state index contributed by atoms with van der Waals surface area (Å²) in [6.45, 7) is 2.69. The maximum atomic E-state index is 12.8. The van der Waals surface area contributed by atoms with Gasteiger partial charge in [-0.3, -0.25) is 4.79 Å². The van der Waals surface area contributed by atoms with Crippen LogP contribution in [0, 0.1) is 6.92 Å². The van der Waals surface area contributed by atoms with Crippen molar-refractivity contribution in [2.45, 2.75) is 25.4 Å². The summed E-state index contributed by atoms with van der Waals surface area (Å²) < 4.78 is 0.959. The van der Waals surface area contributed by atoms with Crippen LogP contribution >= 0.6 is 27.5 Å². The molecule has 0 spiro atoms. The van der Waals surface area contributed by atoms with E-state index >= 15 is 0 Å². The van der Waals surface area contributed by atoms with Gasteiger partial charge in [0.25, 0.3) is 5.91 Å². The summed E-state index contributed by atoms with van der Waals surface area (Å²) in [6, 6.07) is 10.9. The van der Waals surface area contributed by atoms with Gasteiger partial charge in [-0.1, -0.05) is 39.7 Å². The van der Waals surface area contributed by atoms with Crippen molar-refractivity contribution in [2.24, 2.45) is 0 Å². The van der Waals surface area contributed by atoms with Crippen molar-refractivity contribution in [3.05, 3.63) is 62.8 Å². The van der Waals surface area contributed by atoms with Crippen LogP contribution in [0.25, 0.3) is 0 Å². The lowest BCUT2D eigenvalue weighted by Crippen LogP contribution is -2.48. The van der Waals surface area contributed by atoms with Gasteiger partial charge in [0.05, 0.1) is 6.54 Å². The zero-order valence-electron chi connectivity index (χ0n) is 13.3. The van der Waals surface area contributed by atoms with Gasteiger partial charge < -0.3 is 10.0 Å². The number of halogens is 2. The molecule has 1 aliphatic rings. The smallest absolute Gasteiger partial charge is 0.254 e. The third-order valence-corrected chi connectivity index (χ3v) is 5.03. The summed E-state index contributed by atoms with van der Waals surface area (Å²) in [6.07, 6.45) is 1.38. The molecule has 2 heterocycles. The summed E-state index contributed by atoms with van der Waals surface area (Å²) in [5.74, 6) is -0.127. The molecule has 2 aromatic rings. The van der Waals surface area contributed by atoms with E-state index in [0.717, 1.165) is 16.5 Å². The first-order valence-corrected chi connectivity index (χ1v) is 8.96. The molecule has 1 aromatic heterocycles. The number of aryl methyl sites for hydroxylation is 1. The minimum Gasteiger partial charge on any atom is -0.383 e. The zero-order valence-corrected chi connectivity index (χ0v) is 15.6. The molecule has 1 amide bonds. The predicted octanol–water partition coefficient (Wildman–Crippen LogP) is 3.93. The van der Waals surface area contributed by atoms with Crippen LogP contribution in [0.15, 0.2) is 40.9 Å². The molecule has 1 fully saturated rings. The Kier molecular flexibility index (Phi) is 4.95. The molecule has 1 aliphatic heterocycles. The lowest BCUT2D eigenvalue weighted by molar-refractivity contribution is -0.0289. The normalized spacial score (nSPS) is 20.9. The third kappa shape index (κ3) is 3.63. The van der Waals surface area contributed by atoms with Crippen molar-refractivity contribution in [1.29, 1.82) is 0 Å². The summed E-state index contributed by atoms with van der Waals surface area (Å²) in [5.41, 5.74) is 1.01. The number of aromatic nitrogens is 1. The van der Waals surface area contributed by atoms with Crippen LogP contribution < -0.4 is 0 Å². The zero-order chi connectivity index (χ0) is 17.3. The number of piperidine rings is 1. The summed E-state index contributed by atoms with van der Waals surface area (Å²) in [7, 11) is 0. The van der Waals surface area contributed by atoms with Crippen LogP contribution in [0.3, 0.4) is 0 Å². The van der Waals surface area contributed by atoms with Crippen LogP contribution in [0.1, 0.15) is 34.5 Å². The van der Waals surface area contributed by atoms with E-state index in [1.807, 2.05) is 24.3 Å². The van der Waals surface area contributed by atoms with Crippen molar-refractivity contribution < 1.29 is 9.90 Å². The minimum atomic E-state index is -1.03. The van der Waals surface area contributed by atoms with Gasteiger partial charge >= 0.3 is 0 Å². The topological polar surface area (TPSA) is 53.4 Å². The Morgan fingerprint density at radius 1 is 1.33 bits per heavy atom. The number of pyridine rings is 1. The third-order valence-electron chi connectivity index (χ3n) is 4.31. The lowest BCUT2D eigenvalue weighted by Gasteiger charge is -2.39. The van der Waals surface area contributed by atoms with Gasteiger partial charge in [0.1, 0.15) is 10.8 Å². The maximum Gasteiger partial charge on any atom is 0.254 e. The number of β-amino-alcohol motifs (C(OH)–C–C–N with tert-alkyl or cyclic N) is 1. The number of nitrogens with zero attached hydrogens (tertiary/aromatic N) is 2. The average Bonchev–Trinajstić information content (AvgIpc) is 2.53. The fourth-order valence-corrected chi connectivity index (χ4v) is 3.65. The van der Waals surface area contributed by atoms with E-state index in [0.29, 0.717) is 29.4 Å². The Morgan fingerprint density at radius 2 is 2.04 bits per heavy atom. The van der Waals surface area contributed by atoms with E-state index in [1.54, 1.807) is 24.0 Å². The van der Waals surface area contributed by atoms with Crippen molar-refractivity contribution >= 4 is 33.4 Å². The molecule has 1 aromatic carbocycles. The highest BCUT2D eigenvalue weighted by atomic mass is 79.9. The van der Waals surface area contributed by atoms with Crippen LogP contribution in [-0.4, -0.2) is 34.0 Å². The summed E-state index contributed by atoms with van der Waals surface area (Å²) >= 11 is 9.37. The Hall–Kier alpha value is -1.43. The van der Waals surface area contributed by atoms with Crippen molar-refractivity contribution in [3.63, 3.8) is 0 Å². The predicted molar refractivity (Wildman–Crippen MR) is 97.2 cm³/mol. The monoisotopic (exact) mass is 408 g/mol. The summed E-state index contributed by atoms with van der Waals surface area (Å²) in [4.78, 5) is 18.6. The number of carbonyl (C=O) groups excluding carboxylic acids is 1. The first kappa shape index (κ1) is 17.4. The van der Waals surface area contributed by atoms with Gasteiger partial charge in [-0.05, 0) is 49.6 Å². The fourth-order valence-electron chi connectivity index (χ4n) is 3.14. The van der Waals surface area contributed by atoms with Crippen LogP contribution in [0.5, 0.6) is 0 Å². The number of carbonyl (C=O) groups is 1. The second-order valence-corrected chi connectivity index (χ2v) is 7.49. The molecule has 0 saturated carbocycles. The Labute approximate surface area is 154 Å². The molecule has 1 unspecified atom stereocenters. The highest BCUT2D eigenvalue weighted by molar-refractivity contribution is 9.10. The largest absolute Gasteiger partial charge is 0.383 e. The highest BCUT2D eigenvalue weighted by Crippen LogP contribution is 2.33. The second kappa shape index (κ2) is 6.82. The average molecular weight is 410 g/mol. The molecular formula is C18H18BrClN2O2. The lowest BCUT2D eigenvalue weighted by atomic mass is 9.85. The number of amides is 1. The molecule has 0 aliphatic carbocycles. The van der Waals surface area contributed by atoms with E-state index < -0.39 is 5.60 Å². The van der Waals surface area contributed by atoms with Crippen molar-refractivity contribution in [3.8, 4) is 0 Å². The molecule has 1 saturated heterocycles. The Morgan fingerprint density at radius 3 is 2.71 bits per heavy atom. The summed E-state index contributed by atoms with van der Waals surface area (Å²) in [5, 5.41) is 11.4. The van der Waals surface area contributed by atoms with Gasteiger partial charge in [-0.2, -0.15) is 0 Å². The number of aliphatic hydroxyl groups is 1.